The molecule has 8 heteroatoms. The number of nitrogens with zero attached hydrogens (tertiary/aromatic N) is 2. The largest absolute Gasteiger partial charge is 0.334 e. The SMILES string of the molecule is O=C(CN1C(=O)c2ccccc2CS1(=O)=O)N(Cc1ccsc1)C1CC1. The van der Waals surface area contributed by atoms with Gasteiger partial charge in [-0.2, -0.15) is 11.3 Å². The van der Waals surface area contributed by atoms with Gasteiger partial charge in [0.05, 0.1) is 5.75 Å². The number of hydrogen-bond acceptors (Lipinski definition) is 5. The molecule has 0 spiro atoms. The molecule has 0 bridgehead atoms. The Bertz CT molecular complexity index is 949. The number of sulfonamides is 1. The van der Waals surface area contributed by atoms with Gasteiger partial charge in [-0.05, 0) is 46.9 Å². The maximum absolute atomic E-state index is 12.8. The topological polar surface area (TPSA) is 74.8 Å². The lowest BCUT2D eigenvalue weighted by molar-refractivity contribution is -0.132. The number of hydrogen-bond donors (Lipinski definition) is 0. The number of benzene rings is 1. The Kier molecular flexibility index (Phi) is 4.32. The molecule has 0 radical (unpaired) electrons. The minimum atomic E-state index is -3.84. The molecule has 6 nitrogen and oxygen atoms in total. The Morgan fingerprint density at radius 1 is 1.23 bits per heavy atom. The lowest BCUT2D eigenvalue weighted by Crippen LogP contribution is -2.48. The lowest BCUT2D eigenvalue weighted by Gasteiger charge is -2.30. The summed E-state index contributed by atoms with van der Waals surface area (Å²) < 4.78 is 25.8. The van der Waals surface area contributed by atoms with Gasteiger partial charge in [0.2, 0.25) is 15.9 Å². The van der Waals surface area contributed by atoms with Gasteiger partial charge >= 0.3 is 0 Å². The van der Waals surface area contributed by atoms with Crippen molar-refractivity contribution in [2.75, 3.05) is 6.54 Å². The van der Waals surface area contributed by atoms with Crippen LogP contribution in [-0.4, -0.2) is 42.0 Å². The van der Waals surface area contributed by atoms with E-state index in [4.69, 9.17) is 0 Å². The molecule has 136 valence electrons. The molecule has 2 heterocycles. The highest BCUT2D eigenvalue weighted by molar-refractivity contribution is 7.89. The molecule has 1 aliphatic heterocycles. The number of carbonyl (C=O) groups excluding carboxylic acids is 2. The summed E-state index contributed by atoms with van der Waals surface area (Å²) in [6, 6.07) is 8.73. The van der Waals surface area contributed by atoms with E-state index in [1.807, 2.05) is 16.8 Å². The van der Waals surface area contributed by atoms with Gasteiger partial charge in [-0.3, -0.25) is 9.59 Å². The number of rotatable bonds is 5. The molecule has 1 saturated carbocycles. The Labute approximate surface area is 156 Å². The van der Waals surface area contributed by atoms with Gasteiger partial charge in [-0.25, -0.2) is 12.7 Å². The highest BCUT2D eigenvalue weighted by Gasteiger charge is 2.40. The van der Waals surface area contributed by atoms with Gasteiger partial charge in [0.1, 0.15) is 6.54 Å². The summed E-state index contributed by atoms with van der Waals surface area (Å²) in [6.07, 6.45) is 1.83. The van der Waals surface area contributed by atoms with Crippen LogP contribution in [0.15, 0.2) is 41.1 Å². The van der Waals surface area contributed by atoms with Crippen LogP contribution >= 0.6 is 11.3 Å². The number of thiophene rings is 1. The van der Waals surface area contributed by atoms with E-state index >= 15 is 0 Å². The number of fused-ring (bicyclic) bond motifs is 1. The van der Waals surface area contributed by atoms with Crippen molar-refractivity contribution >= 4 is 33.2 Å². The van der Waals surface area contributed by atoms with Gasteiger partial charge < -0.3 is 4.90 Å². The van der Waals surface area contributed by atoms with Crippen LogP contribution < -0.4 is 0 Å². The van der Waals surface area contributed by atoms with Crippen molar-refractivity contribution in [2.24, 2.45) is 0 Å². The van der Waals surface area contributed by atoms with Crippen molar-refractivity contribution in [1.82, 2.24) is 9.21 Å². The summed E-state index contributed by atoms with van der Waals surface area (Å²) in [6.45, 7) is 0.0157. The zero-order chi connectivity index (χ0) is 18.3. The molecular weight excluding hydrogens is 372 g/mol. The van der Waals surface area contributed by atoms with Crippen LogP contribution in [0.1, 0.15) is 34.3 Å². The molecule has 0 saturated heterocycles. The first-order valence-electron chi connectivity index (χ1n) is 8.39. The highest BCUT2D eigenvalue weighted by Crippen LogP contribution is 2.30. The summed E-state index contributed by atoms with van der Waals surface area (Å²) in [4.78, 5) is 27.2. The van der Waals surface area contributed by atoms with Crippen LogP contribution in [0.5, 0.6) is 0 Å². The second-order valence-corrected chi connectivity index (χ2v) is 9.28. The molecule has 0 unspecified atom stereocenters. The van der Waals surface area contributed by atoms with E-state index in [9.17, 15) is 18.0 Å². The third kappa shape index (κ3) is 3.26. The summed E-state index contributed by atoms with van der Waals surface area (Å²) in [7, 11) is -3.84. The Hall–Kier alpha value is -2.19. The van der Waals surface area contributed by atoms with Crippen LogP contribution in [-0.2, 0) is 27.1 Å². The molecular formula is C18H18N2O4S2. The van der Waals surface area contributed by atoms with Crippen molar-refractivity contribution < 1.29 is 18.0 Å². The van der Waals surface area contributed by atoms with Gasteiger partial charge in [-0.1, -0.05) is 18.2 Å². The fourth-order valence-electron chi connectivity index (χ4n) is 3.16. The minimum absolute atomic E-state index is 0.136. The van der Waals surface area contributed by atoms with E-state index in [-0.39, 0.29) is 17.7 Å². The summed E-state index contributed by atoms with van der Waals surface area (Å²) in [5.74, 6) is -1.20. The maximum Gasteiger partial charge on any atom is 0.268 e. The van der Waals surface area contributed by atoms with E-state index in [0.29, 0.717) is 17.7 Å². The van der Waals surface area contributed by atoms with Crippen molar-refractivity contribution in [3.63, 3.8) is 0 Å². The fraction of sp³-hybridized carbons (Fsp3) is 0.333. The molecule has 2 amide bonds. The Morgan fingerprint density at radius 2 is 2.00 bits per heavy atom. The fourth-order valence-corrected chi connectivity index (χ4v) is 5.28. The predicted octanol–water partition coefficient (Wildman–Crippen LogP) is 2.22. The average molecular weight is 390 g/mol. The van der Waals surface area contributed by atoms with E-state index in [1.54, 1.807) is 40.5 Å². The molecule has 1 aliphatic carbocycles. The lowest BCUT2D eigenvalue weighted by atomic mass is 10.1. The summed E-state index contributed by atoms with van der Waals surface area (Å²) >= 11 is 1.56. The zero-order valence-corrected chi connectivity index (χ0v) is 15.6. The summed E-state index contributed by atoms with van der Waals surface area (Å²) in [5, 5.41) is 3.92. The van der Waals surface area contributed by atoms with Gasteiger partial charge in [-0.15, -0.1) is 0 Å². The van der Waals surface area contributed by atoms with Crippen LogP contribution in [0.25, 0.3) is 0 Å². The minimum Gasteiger partial charge on any atom is -0.334 e. The highest BCUT2D eigenvalue weighted by atomic mass is 32.2. The first-order chi connectivity index (χ1) is 12.5. The molecule has 0 N–H and O–H groups in total. The van der Waals surface area contributed by atoms with Crippen LogP contribution in [0, 0.1) is 0 Å². The van der Waals surface area contributed by atoms with E-state index in [1.165, 1.54) is 0 Å². The smallest absolute Gasteiger partial charge is 0.268 e. The second-order valence-electron chi connectivity index (χ2n) is 6.61. The van der Waals surface area contributed by atoms with Crippen LogP contribution in [0.2, 0.25) is 0 Å². The van der Waals surface area contributed by atoms with Gasteiger partial charge in [0.15, 0.2) is 0 Å². The number of amides is 2. The second kappa shape index (κ2) is 6.51. The Balaban J connectivity index is 1.57. The van der Waals surface area contributed by atoms with E-state index in [0.717, 1.165) is 22.7 Å². The average Bonchev–Trinajstić information content (AvgIpc) is 3.31. The van der Waals surface area contributed by atoms with Crippen molar-refractivity contribution in [1.29, 1.82) is 0 Å². The molecule has 26 heavy (non-hydrogen) atoms. The maximum atomic E-state index is 12.8. The van der Waals surface area contributed by atoms with E-state index < -0.39 is 22.5 Å². The number of carbonyl (C=O) groups is 2. The molecule has 1 fully saturated rings. The Morgan fingerprint density at radius 3 is 2.69 bits per heavy atom. The molecule has 1 aromatic heterocycles. The van der Waals surface area contributed by atoms with Crippen LogP contribution in [0.4, 0.5) is 0 Å². The monoisotopic (exact) mass is 390 g/mol. The van der Waals surface area contributed by atoms with Crippen molar-refractivity contribution in [2.45, 2.75) is 31.2 Å². The van der Waals surface area contributed by atoms with Crippen molar-refractivity contribution in [3.8, 4) is 0 Å². The molecule has 0 atom stereocenters. The first-order valence-corrected chi connectivity index (χ1v) is 10.9. The van der Waals surface area contributed by atoms with Gasteiger partial charge in [0.25, 0.3) is 5.91 Å². The molecule has 2 aliphatic rings. The molecule has 1 aromatic carbocycles. The third-order valence-corrected chi connectivity index (χ3v) is 7.04. The van der Waals surface area contributed by atoms with Crippen LogP contribution in [0.3, 0.4) is 0 Å². The van der Waals surface area contributed by atoms with E-state index in [2.05, 4.69) is 0 Å². The zero-order valence-electron chi connectivity index (χ0n) is 14.0. The van der Waals surface area contributed by atoms with Crippen molar-refractivity contribution in [3.05, 3.63) is 57.8 Å². The first kappa shape index (κ1) is 17.2. The van der Waals surface area contributed by atoms with Gasteiger partial charge in [0, 0.05) is 18.2 Å². The predicted molar refractivity (Wildman–Crippen MR) is 98.0 cm³/mol. The third-order valence-electron chi connectivity index (χ3n) is 4.67. The molecule has 4 rings (SSSR count). The normalized spacial score (nSPS) is 18.5. The quantitative estimate of drug-likeness (QED) is 0.785. The molecule has 2 aromatic rings. The standard InChI is InChI=1S/C18H18N2O4S2/c21-17(19(15-5-6-15)9-13-7-8-25-11-13)10-20-18(22)16-4-2-1-3-14(16)12-26(20,23)24/h1-4,7-8,11,15H,5-6,9-10,12H2. The summed E-state index contributed by atoms with van der Waals surface area (Å²) in [5.41, 5.74) is 1.86.